The second-order valence-electron chi connectivity index (χ2n) is 12.8. The molecular formula is C35H37FN6O2. The van der Waals surface area contributed by atoms with Gasteiger partial charge in [0.2, 0.25) is 0 Å². The Kier molecular flexibility index (Phi) is 6.75. The molecule has 1 atom stereocenters. The zero-order chi connectivity index (χ0) is 29.9. The largest absolute Gasteiger partial charge is 0.380 e. The number of rotatable bonds is 8. The number of fused-ring (bicyclic) bond motifs is 1. The van der Waals surface area contributed by atoms with Gasteiger partial charge in [-0.3, -0.25) is 14.3 Å². The quantitative estimate of drug-likeness (QED) is 0.229. The number of likely N-dealkylation sites (tertiary alicyclic amines) is 1. The molecule has 0 bridgehead atoms. The average Bonchev–Trinajstić information content (AvgIpc) is 3.96. The van der Waals surface area contributed by atoms with Crippen LogP contribution in [0.4, 0.5) is 4.39 Å². The molecular weight excluding hydrogens is 555 g/mol. The lowest BCUT2D eigenvalue weighted by Crippen LogP contribution is -2.38. The predicted octanol–water partition coefficient (Wildman–Crippen LogP) is 6.29. The molecule has 4 aromatic heterocycles. The van der Waals surface area contributed by atoms with Crippen LogP contribution in [0.3, 0.4) is 0 Å². The number of piperidine rings is 1. The minimum Gasteiger partial charge on any atom is -0.380 e. The van der Waals surface area contributed by atoms with Crippen molar-refractivity contribution in [3.63, 3.8) is 0 Å². The summed E-state index contributed by atoms with van der Waals surface area (Å²) in [4.78, 5) is 29.7. The number of hydrogen-bond donors (Lipinski definition) is 1. The van der Waals surface area contributed by atoms with Gasteiger partial charge in [0, 0.05) is 74.1 Å². The average molecular weight is 593 g/mol. The van der Waals surface area contributed by atoms with Crippen LogP contribution in [-0.2, 0) is 18.3 Å². The van der Waals surface area contributed by atoms with E-state index in [1.807, 2.05) is 36.1 Å². The van der Waals surface area contributed by atoms with Gasteiger partial charge >= 0.3 is 0 Å². The number of methoxy groups -OCH3 is 1. The molecule has 5 aromatic rings. The summed E-state index contributed by atoms with van der Waals surface area (Å²) in [5, 5.41) is 1.03. The Hall–Kier alpha value is -4.08. The smallest absolute Gasteiger partial charge is 0.280 e. The second-order valence-corrected chi connectivity index (χ2v) is 12.8. The minimum absolute atomic E-state index is 0.0983. The highest BCUT2D eigenvalue weighted by Gasteiger charge is 2.30. The van der Waals surface area contributed by atoms with Crippen molar-refractivity contribution >= 4 is 10.9 Å². The number of halogens is 1. The standard InChI is InChI=1S/C35H37FN6O2/c1-40-13-11-37-34(40)29-16-24(36)9-10-27(29)23-14-31(22-7-8-22)39-32(15-23)42-20-30(21-5-6-21)28-17-25(38-33(28)35(42)43)18-41-12-3-4-26(19-41)44-2/h9-11,13-17,20-22,26,38H,3-8,12,18-19H2,1-2H3/t26-/m0/s1. The molecule has 2 saturated carbocycles. The number of aromatic amines is 1. The first-order valence-electron chi connectivity index (χ1n) is 15.8. The van der Waals surface area contributed by atoms with Gasteiger partial charge < -0.3 is 14.3 Å². The number of nitrogens with one attached hydrogen (secondary N) is 1. The first-order valence-corrected chi connectivity index (χ1v) is 15.8. The molecule has 9 heteroatoms. The van der Waals surface area contributed by atoms with E-state index in [9.17, 15) is 9.18 Å². The highest BCUT2D eigenvalue weighted by atomic mass is 19.1. The summed E-state index contributed by atoms with van der Waals surface area (Å²) in [5.41, 5.74) is 6.24. The molecule has 226 valence electrons. The summed E-state index contributed by atoms with van der Waals surface area (Å²) >= 11 is 0. The van der Waals surface area contributed by atoms with Gasteiger partial charge in [-0.05, 0) is 98.0 Å². The number of hydrogen-bond acceptors (Lipinski definition) is 5. The maximum atomic E-state index is 14.6. The Bertz CT molecular complexity index is 1930. The molecule has 3 fully saturated rings. The van der Waals surface area contributed by atoms with Crippen molar-refractivity contribution in [2.75, 3.05) is 20.2 Å². The van der Waals surface area contributed by atoms with E-state index in [1.54, 1.807) is 17.9 Å². The van der Waals surface area contributed by atoms with E-state index in [4.69, 9.17) is 9.72 Å². The van der Waals surface area contributed by atoms with Gasteiger partial charge in [0.05, 0.1) is 6.10 Å². The molecule has 1 saturated heterocycles. The lowest BCUT2D eigenvalue weighted by molar-refractivity contribution is 0.0282. The number of pyridine rings is 2. The summed E-state index contributed by atoms with van der Waals surface area (Å²) in [6.07, 6.45) is 12.5. The van der Waals surface area contributed by atoms with Gasteiger partial charge in [0.1, 0.15) is 23.0 Å². The summed E-state index contributed by atoms with van der Waals surface area (Å²) < 4.78 is 23.8. The highest BCUT2D eigenvalue weighted by Crippen LogP contribution is 2.44. The molecule has 2 aliphatic carbocycles. The van der Waals surface area contributed by atoms with Crippen LogP contribution in [0, 0.1) is 5.82 Å². The fraction of sp³-hybridized carbons (Fsp3) is 0.400. The number of H-pyrrole nitrogens is 1. The Morgan fingerprint density at radius 3 is 2.64 bits per heavy atom. The summed E-state index contributed by atoms with van der Waals surface area (Å²) in [7, 11) is 3.69. The van der Waals surface area contributed by atoms with Gasteiger partial charge in [0.15, 0.2) is 0 Å². The minimum atomic E-state index is -0.316. The van der Waals surface area contributed by atoms with Crippen LogP contribution in [0.15, 0.2) is 59.8 Å². The van der Waals surface area contributed by atoms with Crippen LogP contribution >= 0.6 is 0 Å². The molecule has 1 aromatic carbocycles. The summed E-state index contributed by atoms with van der Waals surface area (Å²) in [6.45, 7) is 2.69. The lowest BCUT2D eigenvalue weighted by Gasteiger charge is -2.31. The van der Waals surface area contributed by atoms with Crippen LogP contribution in [0.1, 0.15) is 67.3 Å². The molecule has 1 aliphatic heterocycles. The predicted molar refractivity (Wildman–Crippen MR) is 169 cm³/mol. The highest BCUT2D eigenvalue weighted by molar-refractivity contribution is 5.85. The van der Waals surface area contributed by atoms with Gasteiger partial charge in [-0.25, -0.2) is 14.4 Å². The van der Waals surface area contributed by atoms with Crippen LogP contribution in [0.25, 0.3) is 39.2 Å². The second kappa shape index (κ2) is 10.8. The summed E-state index contributed by atoms with van der Waals surface area (Å²) in [6, 6.07) is 11.1. The third kappa shape index (κ3) is 5.08. The Morgan fingerprint density at radius 2 is 1.89 bits per heavy atom. The van der Waals surface area contributed by atoms with Crippen LogP contribution in [0.2, 0.25) is 0 Å². The summed E-state index contributed by atoms with van der Waals surface area (Å²) in [5.74, 6) is 1.78. The first kappa shape index (κ1) is 27.5. The molecule has 1 N–H and O–H groups in total. The topological polar surface area (TPSA) is 81.0 Å². The maximum Gasteiger partial charge on any atom is 0.280 e. The normalized spacial score (nSPS) is 19.2. The van der Waals surface area contributed by atoms with Gasteiger partial charge in [0.25, 0.3) is 5.56 Å². The first-order chi connectivity index (χ1) is 21.4. The number of nitrogens with zero attached hydrogens (tertiary/aromatic N) is 5. The van der Waals surface area contributed by atoms with Crippen molar-refractivity contribution in [1.82, 2.24) is 29.0 Å². The van der Waals surface area contributed by atoms with Crippen molar-refractivity contribution in [2.45, 2.75) is 63.0 Å². The fourth-order valence-corrected chi connectivity index (χ4v) is 6.84. The van der Waals surface area contributed by atoms with Crippen molar-refractivity contribution in [2.24, 2.45) is 7.05 Å². The number of aromatic nitrogens is 5. The SMILES string of the molecule is CO[C@H]1CCCN(Cc2cc3c(C4CC4)cn(-c4cc(-c5ccc(F)cc5-c5nccn5C)cc(C5CC5)n4)c(=O)c3[nH]2)C1. The monoisotopic (exact) mass is 592 g/mol. The molecule has 44 heavy (non-hydrogen) atoms. The Morgan fingerprint density at radius 1 is 1.05 bits per heavy atom. The zero-order valence-corrected chi connectivity index (χ0v) is 25.2. The van der Waals surface area contributed by atoms with E-state index >= 15 is 0 Å². The number of ether oxygens (including phenoxy) is 1. The Balaban J connectivity index is 1.25. The number of aryl methyl sites for hydroxylation is 1. The molecule has 0 unspecified atom stereocenters. The number of benzene rings is 1. The molecule has 8 nitrogen and oxygen atoms in total. The molecule has 8 rings (SSSR count). The van der Waals surface area contributed by atoms with Crippen molar-refractivity contribution in [1.29, 1.82) is 0 Å². The molecule has 0 radical (unpaired) electrons. The third-order valence-electron chi connectivity index (χ3n) is 9.52. The Labute approximate surface area is 255 Å². The zero-order valence-electron chi connectivity index (χ0n) is 25.2. The molecule has 0 spiro atoms. The van der Waals surface area contributed by atoms with Crippen LogP contribution < -0.4 is 5.56 Å². The van der Waals surface area contributed by atoms with E-state index in [0.717, 1.165) is 86.1 Å². The third-order valence-corrected chi connectivity index (χ3v) is 9.52. The van der Waals surface area contributed by atoms with Crippen molar-refractivity contribution in [3.8, 4) is 28.3 Å². The lowest BCUT2D eigenvalue weighted by atomic mass is 9.98. The fourth-order valence-electron chi connectivity index (χ4n) is 6.84. The van der Waals surface area contributed by atoms with Crippen molar-refractivity contribution < 1.29 is 9.13 Å². The molecule has 0 amide bonds. The van der Waals surface area contributed by atoms with E-state index in [1.165, 1.54) is 17.7 Å². The maximum absolute atomic E-state index is 14.6. The van der Waals surface area contributed by atoms with E-state index in [0.29, 0.717) is 34.6 Å². The van der Waals surface area contributed by atoms with Crippen molar-refractivity contribution in [3.05, 3.63) is 88.1 Å². The molecule has 5 heterocycles. The van der Waals surface area contributed by atoms with E-state index in [2.05, 4.69) is 27.0 Å². The van der Waals surface area contributed by atoms with E-state index < -0.39 is 0 Å². The number of imidazole rings is 1. The van der Waals surface area contributed by atoms with Gasteiger partial charge in [-0.1, -0.05) is 6.07 Å². The van der Waals surface area contributed by atoms with Crippen LogP contribution in [0.5, 0.6) is 0 Å². The van der Waals surface area contributed by atoms with Gasteiger partial charge in [-0.2, -0.15) is 0 Å². The van der Waals surface area contributed by atoms with Gasteiger partial charge in [-0.15, -0.1) is 0 Å². The van der Waals surface area contributed by atoms with E-state index in [-0.39, 0.29) is 17.5 Å². The van der Waals surface area contributed by atoms with Crippen LogP contribution in [-0.4, -0.2) is 55.3 Å². The molecule has 3 aliphatic rings.